The van der Waals surface area contributed by atoms with Crippen LogP contribution >= 0.6 is 0 Å². The molecule has 0 aromatic heterocycles. The summed E-state index contributed by atoms with van der Waals surface area (Å²) in [6, 6.07) is 24.0. The first-order valence-electron chi connectivity index (χ1n) is 9.17. The van der Waals surface area contributed by atoms with Gasteiger partial charge in [-0.25, -0.2) is 0 Å². The van der Waals surface area contributed by atoms with Crippen molar-refractivity contribution in [2.45, 2.75) is 13.3 Å². The molecule has 0 heterocycles. The molecular formula is C23H22N2O3. The van der Waals surface area contributed by atoms with E-state index in [1.165, 1.54) is 0 Å². The molecule has 142 valence electrons. The number of hydrazine groups is 1. The highest BCUT2D eigenvalue weighted by molar-refractivity contribution is 6.00. The van der Waals surface area contributed by atoms with Gasteiger partial charge in [0.15, 0.2) is 0 Å². The van der Waals surface area contributed by atoms with Gasteiger partial charge in [-0.3, -0.25) is 20.4 Å². The number of hydrogen-bond acceptors (Lipinski definition) is 3. The zero-order valence-electron chi connectivity index (χ0n) is 15.6. The number of benzene rings is 3. The average Bonchev–Trinajstić information content (AvgIpc) is 2.76. The monoisotopic (exact) mass is 374 g/mol. The molecule has 5 heteroatoms. The molecule has 0 bridgehead atoms. The summed E-state index contributed by atoms with van der Waals surface area (Å²) < 4.78 is 5.58. The van der Waals surface area contributed by atoms with Crippen LogP contribution in [0.4, 0.5) is 0 Å². The molecule has 0 aliphatic heterocycles. The van der Waals surface area contributed by atoms with Crippen LogP contribution in [-0.4, -0.2) is 18.4 Å². The number of ether oxygens (including phenoxy) is 1. The van der Waals surface area contributed by atoms with Gasteiger partial charge in [-0.1, -0.05) is 61.5 Å². The van der Waals surface area contributed by atoms with Crippen molar-refractivity contribution >= 4 is 11.8 Å². The van der Waals surface area contributed by atoms with E-state index in [9.17, 15) is 9.59 Å². The molecule has 0 aliphatic rings. The third kappa shape index (κ3) is 4.76. The third-order valence-electron chi connectivity index (χ3n) is 4.14. The highest BCUT2D eigenvalue weighted by atomic mass is 16.5. The summed E-state index contributed by atoms with van der Waals surface area (Å²) in [7, 11) is 0. The van der Waals surface area contributed by atoms with Crippen molar-refractivity contribution in [3.63, 3.8) is 0 Å². The Morgan fingerprint density at radius 2 is 1.36 bits per heavy atom. The maximum Gasteiger partial charge on any atom is 0.273 e. The van der Waals surface area contributed by atoms with Crippen LogP contribution in [0.1, 0.15) is 34.1 Å². The minimum atomic E-state index is -0.430. The van der Waals surface area contributed by atoms with Gasteiger partial charge in [-0.15, -0.1) is 0 Å². The summed E-state index contributed by atoms with van der Waals surface area (Å²) in [6.07, 6.45) is 0.839. The first-order chi connectivity index (χ1) is 13.7. The van der Waals surface area contributed by atoms with Gasteiger partial charge in [0.1, 0.15) is 5.75 Å². The fourth-order valence-corrected chi connectivity index (χ4v) is 2.69. The molecule has 0 aliphatic carbocycles. The van der Waals surface area contributed by atoms with Gasteiger partial charge in [0, 0.05) is 5.56 Å². The summed E-state index contributed by atoms with van der Waals surface area (Å²) in [5.74, 6) is -0.329. The summed E-state index contributed by atoms with van der Waals surface area (Å²) >= 11 is 0. The second kappa shape index (κ2) is 9.37. The number of nitrogens with one attached hydrogen (secondary N) is 2. The standard InChI is InChI=1S/C23H22N2O3/c1-2-16-28-21-11-7-6-10-20(21)23(27)25-24-22(26)19-14-12-18(13-15-19)17-8-4-3-5-9-17/h3-15H,2,16H2,1H3,(H,24,26)(H,25,27). The van der Waals surface area contributed by atoms with Crippen LogP contribution in [0.25, 0.3) is 11.1 Å². The molecule has 2 N–H and O–H groups in total. The van der Waals surface area contributed by atoms with Gasteiger partial charge in [-0.2, -0.15) is 0 Å². The van der Waals surface area contributed by atoms with Crippen LogP contribution in [0.5, 0.6) is 5.75 Å². The van der Waals surface area contributed by atoms with Gasteiger partial charge in [0.2, 0.25) is 0 Å². The third-order valence-corrected chi connectivity index (χ3v) is 4.14. The first kappa shape index (κ1) is 19.2. The van der Waals surface area contributed by atoms with Gasteiger partial charge >= 0.3 is 0 Å². The molecule has 0 saturated heterocycles. The Kier molecular flexibility index (Phi) is 6.41. The number of amides is 2. The van der Waals surface area contributed by atoms with E-state index in [1.54, 1.807) is 36.4 Å². The van der Waals surface area contributed by atoms with Crippen LogP contribution in [-0.2, 0) is 0 Å². The summed E-state index contributed by atoms with van der Waals surface area (Å²) in [6.45, 7) is 2.51. The molecule has 28 heavy (non-hydrogen) atoms. The number of carbonyl (C=O) groups excluding carboxylic acids is 2. The van der Waals surface area contributed by atoms with Crippen LogP contribution in [0.2, 0.25) is 0 Å². The predicted octanol–water partition coefficient (Wildman–Crippen LogP) is 4.22. The number of rotatable bonds is 6. The van der Waals surface area contributed by atoms with Gasteiger partial charge in [-0.05, 0) is 41.8 Å². The number of carbonyl (C=O) groups is 2. The lowest BCUT2D eigenvalue weighted by molar-refractivity contribution is 0.0844. The van der Waals surface area contributed by atoms with Crippen LogP contribution in [0, 0.1) is 0 Å². The Hall–Kier alpha value is -3.60. The largest absolute Gasteiger partial charge is 0.493 e. The Labute approximate surface area is 164 Å². The molecule has 0 atom stereocenters. The van der Waals surface area contributed by atoms with E-state index < -0.39 is 5.91 Å². The van der Waals surface area contributed by atoms with E-state index >= 15 is 0 Å². The van der Waals surface area contributed by atoms with Crippen molar-refractivity contribution in [2.24, 2.45) is 0 Å². The number of hydrogen-bond donors (Lipinski definition) is 2. The van der Waals surface area contributed by atoms with E-state index in [-0.39, 0.29) is 5.91 Å². The molecule has 0 spiro atoms. The quantitative estimate of drug-likeness (QED) is 0.635. The zero-order chi connectivity index (χ0) is 19.8. The van der Waals surface area contributed by atoms with Crippen molar-refractivity contribution in [2.75, 3.05) is 6.61 Å². The van der Waals surface area contributed by atoms with E-state index in [1.807, 2.05) is 49.4 Å². The second-order valence-corrected chi connectivity index (χ2v) is 6.20. The van der Waals surface area contributed by atoms with Crippen molar-refractivity contribution in [3.05, 3.63) is 90.0 Å². The summed E-state index contributed by atoms with van der Waals surface area (Å²) in [4.78, 5) is 24.7. The fourth-order valence-electron chi connectivity index (χ4n) is 2.69. The molecule has 3 aromatic carbocycles. The molecular weight excluding hydrogens is 352 g/mol. The fraction of sp³-hybridized carbons (Fsp3) is 0.130. The Bertz CT molecular complexity index is 938. The predicted molar refractivity (Wildman–Crippen MR) is 109 cm³/mol. The average molecular weight is 374 g/mol. The lowest BCUT2D eigenvalue weighted by Gasteiger charge is -2.12. The highest BCUT2D eigenvalue weighted by Crippen LogP contribution is 2.19. The van der Waals surface area contributed by atoms with Gasteiger partial charge < -0.3 is 4.74 Å². The molecule has 3 aromatic rings. The van der Waals surface area contributed by atoms with Crippen molar-refractivity contribution in [1.29, 1.82) is 0 Å². The van der Waals surface area contributed by atoms with Crippen LogP contribution in [0.3, 0.4) is 0 Å². The zero-order valence-corrected chi connectivity index (χ0v) is 15.6. The second-order valence-electron chi connectivity index (χ2n) is 6.20. The number of para-hydroxylation sites is 1. The Balaban J connectivity index is 1.62. The first-order valence-corrected chi connectivity index (χ1v) is 9.17. The SMILES string of the molecule is CCCOc1ccccc1C(=O)NNC(=O)c1ccc(-c2ccccc2)cc1. The molecule has 0 unspecified atom stereocenters. The van der Waals surface area contributed by atoms with Gasteiger partial charge in [0.05, 0.1) is 12.2 Å². The minimum Gasteiger partial charge on any atom is -0.493 e. The summed E-state index contributed by atoms with van der Waals surface area (Å²) in [5.41, 5.74) is 7.80. The van der Waals surface area contributed by atoms with Crippen LogP contribution in [0.15, 0.2) is 78.9 Å². The minimum absolute atomic E-state index is 0.371. The Morgan fingerprint density at radius 1 is 0.750 bits per heavy atom. The van der Waals surface area contributed by atoms with Crippen molar-refractivity contribution in [3.8, 4) is 16.9 Å². The molecule has 3 rings (SSSR count). The van der Waals surface area contributed by atoms with E-state index in [0.29, 0.717) is 23.5 Å². The van der Waals surface area contributed by atoms with Crippen molar-refractivity contribution < 1.29 is 14.3 Å². The van der Waals surface area contributed by atoms with E-state index in [2.05, 4.69) is 10.9 Å². The Morgan fingerprint density at radius 3 is 2.07 bits per heavy atom. The molecule has 2 amide bonds. The highest BCUT2D eigenvalue weighted by Gasteiger charge is 2.13. The molecule has 0 saturated carbocycles. The lowest BCUT2D eigenvalue weighted by Crippen LogP contribution is -2.41. The maximum absolute atomic E-state index is 12.4. The van der Waals surface area contributed by atoms with Crippen molar-refractivity contribution in [1.82, 2.24) is 10.9 Å². The normalized spacial score (nSPS) is 10.2. The molecule has 0 fully saturated rings. The van der Waals surface area contributed by atoms with Gasteiger partial charge in [0.25, 0.3) is 11.8 Å². The summed E-state index contributed by atoms with van der Waals surface area (Å²) in [5, 5.41) is 0. The topological polar surface area (TPSA) is 67.4 Å². The smallest absolute Gasteiger partial charge is 0.273 e. The molecule has 0 radical (unpaired) electrons. The maximum atomic E-state index is 12.4. The molecule has 5 nitrogen and oxygen atoms in total. The lowest BCUT2D eigenvalue weighted by atomic mass is 10.0. The van der Waals surface area contributed by atoms with E-state index in [4.69, 9.17) is 4.74 Å². The van der Waals surface area contributed by atoms with E-state index in [0.717, 1.165) is 17.5 Å². The van der Waals surface area contributed by atoms with Crippen LogP contribution < -0.4 is 15.6 Å².